The third-order valence-electron chi connectivity index (χ3n) is 3.51. The summed E-state index contributed by atoms with van der Waals surface area (Å²) in [7, 11) is 0. The van der Waals surface area contributed by atoms with E-state index in [1.165, 1.54) is 15.9 Å². The molecule has 0 amide bonds. The number of halogens is 1. The molecule has 0 saturated carbocycles. The molecule has 0 atom stereocenters. The molecule has 0 aromatic heterocycles. The first-order valence-electron chi connectivity index (χ1n) is 6.67. The van der Waals surface area contributed by atoms with E-state index in [4.69, 9.17) is 11.2 Å². The average molecular weight is 496 g/mol. The van der Waals surface area contributed by atoms with Crippen molar-refractivity contribution in [2.24, 2.45) is 0 Å². The number of hydrogen-bond donors (Lipinski definition) is 0. The van der Waals surface area contributed by atoms with E-state index >= 15 is 0 Å². The third-order valence-corrected chi connectivity index (χ3v) is 8.87. The van der Waals surface area contributed by atoms with E-state index in [-0.39, 0.29) is 22.4 Å². The molecule has 0 aliphatic rings. The monoisotopic (exact) mass is 495 g/mol. The van der Waals surface area contributed by atoms with Crippen LogP contribution in [0.2, 0.25) is 0 Å². The van der Waals surface area contributed by atoms with Crippen LogP contribution < -0.4 is 15.9 Å². The molecule has 0 N–H and O–H groups in total. The molecule has 3 aromatic rings. The molecule has 0 heterocycles. The van der Waals surface area contributed by atoms with Gasteiger partial charge in [-0.3, -0.25) is 0 Å². The van der Waals surface area contributed by atoms with Crippen LogP contribution in [0.1, 0.15) is 0 Å². The molecule has 0 aliphatic carbocycles. The molecule has 0 bridgehead atoms. The smallest absolute Gasteiger partial charge is 0 e. The summed E-state index contributed by atoms with van der Waals surface area (Å²) in [5, 5.41) is 3.66. The molecule has 1 radical (unpaired) electrons. The van der Waals surface area contributed by atoms with Gasteiger partial charge in [-0.1, -0.05) is 0 Å². The zero-order chi connectivity index (χ0) is 13.8. The summed E-state index contributed by atoms with van der Waals surface area (Å²) in [6, 6.07) is 31.3. The predicted molar refractivity (Wildman–Crippen MR) is 92.4 cm³/mol. The van der Waals surface area contributed by atoms with Gasteiger partial charge >= 0.3 is 125 Å². The molecule has 3 heteroatoms. The summed E-state index contributed by atoms with van der Waals surface area (Å²) >= 11 is 7.25. The normalized spacial score (nSPS) is 11.5. The van der Waals surface area contributed by atoms with Crippen LogP contribution in [0.4, 0.5) is 0 Å². The molecule has 0 saturated heterocycles. The minimum atomic E-state index is -2.41. The van der Waals surface area contributed by atoms with Crippen LogP contribution in [-0.4, -0.2) is 0 Å². The van der Waals surface area contributed by atoms with Crippen LogP contribution in [0, 0.1) is 0 Å². The van der Waals surface area contributed by atoms with Gasteiger partial charge in [0.1, 0.15) is 0 Å². The Labute approximate surface area is 146 Å². The summed E-state index contributed by atoms with van der Waals surface area (Å²) in [6.45, 7) is -2.41. The van der Waals surface area contributed by atoms with Crippen molar-refractivity contribution in [2.45, 2.75) is 0 Å². The maximum Gasteiger partial charge on any atom is 0 e. The zero-order valence-corrected chi connectivity index (χ0v) is 15.3. The molecular formula is C18H16AuClP. The largest absolute Gasteiger partial charge is 0 e. The number of rotatable bonds is 3. The van der Waals surface area contributed by atoms with Crippen LogP contribution in [0.15, 0.2) is 91.0 Å². The van der Waals surface area contributed by atoms with Gasteiger partial charge in [-0.2, -0.15) is 0 Å². The van der Waals surface area contributed by atoms with Crippen LogP contribution >= 0.6 is 17.9 Å². The third kappa shape index (κ3) is 3.31. The van der Waals surface area contributed by atoms with Gasteiger partial charge < -0.3 is 0 Å². The summed E-state index contributed by atoms with van der Waals surface area (Å²) < 4.78 is 0. The fraction of sp³-hybridized carbons (Fsp3) is 0. The van der Waals surface area contributed by atoms with Crippen LogP contribution in [-0.2, 0) is 22.4 Å². The van der Waals surface area contributed by atoms with Gasteiger partial charge in [0.05, 0.1) is 0 Å². The Morgan fingerprint density at radius 3 is 0.952 bits per heavy atom. The maximum atomic E-state index is 7.25. The second-order valence-electron chi connectivity index (χ2n) is 4.76. The van der Waals surface area contributed by atoms with Crippen molar-refractivity contribution in [3.8, 4) is 0 Å². The topological polar surface area (TPSA) is 0 Å². The van der Waals surface area contributed by atoms with Crippen molar-refractivity contribution < 1.29 is 22.4 Å². The Morgan fingerprint density at radius 2 is 0.714 bits per heavy atom. The van der Waals surface area contributed by atoms with Crippen LogP contribution in [0.3, 0.4) is 0 Å². The summed E-state index contributed by atoms with van der Waals surface area (Å²) in [4.78, 5) is 0. The molecule has 0 spiro atoms. The Kier molecular flexibility index (Phi) is 5.81. The fourth-order valence-corrected chi connectivity index (χ4v) is 6.59. The van der Waals surface area contributed by atoms with E-state index in [1.54, 1.807) is 0 Å². The van der Waals surface area contributed by atoms with Crippen molar-refractivity contribution in [1.29, 1.82) is 0 Å². The quantitative estimate of drug-likeness (QED) is 0.382. The first-order valence-corrected chi connectivity index (χ1v) is 9.68. The van der Waals surface area contributed by atoms with Gasteiger partial charge in [0.2, 0.25) is 0 Å². The van der Waals surface area contributed by atoms with E-state index in [0.29, 0.717) is 0 Å². The molecule has 111 valence electrons. The standard InChI is InChI=1S/C18H16ClP.Au/c19-20(16-10-4-1-5-11-16,17-12-6-2-7-13-17)18-14-8-3-9-15-18;/h1-15,20H;. The van der Waals surface area contributed by atoms with Gasteiger partial charge in [0.25, 0.3) is 0 Å². The van der Waals surface area contributed by atoms with Crippen LogP contribution in [0.25, 0.3) is 0 Å². The fourth-order valence-electron chi connectivity index (χ4n) is 2.50. The number of hydrogen-bond acceptors (Lipinski definition) is 0. The maximum absolute atomic E-state index is 7.25. The molecule has 0 unspecified atom stereocenters. The minimum Gasteiger partial charge on any atom is 0 e. The zero-order valence-electron chi connectivity index (χ0n) is 11.3. The Morgan fingerprint density at radius 1 is 0.476 bits per heavy atom. The molecule has 0 fully saturated rings. The summed E-state index contributed by atoms with van der Waals surface area (Å²) in [5.74, 6) is 0. The Bertz CT molecular complexity index is 575. The Hall–Kier alpha value is -0.880. The minimum absolute atomic E-state index is 0. The van der Waals surface area contributed by atoms with Crippen molar-refractivity contribution in [1.82, 2.24) is 0 Å². The van der Waals surface area contributed by atoms with Crippen molar-refractivity contribution >= 4 is 33.8 Å². The van der Waals surface area contributed by atoms with Gasteiger partial charge in [0, 0.05) is 22.4 Å². The van der Waals surface area contributed by atoms with Crippen molar-refractivity contribution in [3.63, 3.8) is 0 Å². The molecule has 3 rings (SSSR count). The average Bonchev–Trinajstić information content (AvgIpc) is 2.56. The van der Waals surface area contributed by atoms with Gasteiger partial charge in [0.15, 0.2) is 0 Å². The molecule has 0 nitrogen and oxygen atoms in total. The Balaban J connectivity index is 0.00000161. The number of benzene rings is 3. The first-order chi connectivity index (χ1) is 9.82. The van der Waals surface area contributed by atoms with E-state index in [2.05, 4.69) is 72.8 Å². The second kappa shape index (κ2) is 7.40. The first kappa shape index (κ1) is 16.5. The SMILES string of the molecule is Cl[PH](c1ccccc1)(c1ccccc1)c1ccccc1.[Au]. The summed E-state index contributed by atoms with van der Waals surface area (Å²) in [6.07, 6.45) is 0. The van der Waals surface area contributed by atoms with E-state index in [9.17, 15) is 0 Å². The molecule has 3 aromatic carbocycles. The van der Waals surface area contributed by atoms with E-state index < -0.39 is 6.62 Å². The molecule has 21 heavy (non-hydrogen) atoms. The van der Waals surface area contributed by atoms with Gasteiger partial charge in [-0.15, -0.1) is 0 Å². The van der Waals surface area contributed by atoms with Crippen molar-refractivity contribution in [2.75, 3.05) is 0 Å². The van der Waals surface area contributed by atoms with Crippen LogP contribution in [0.5, 0.6) is 0 Å². The predicted octanol–water partition coefficient (Wildman–Crippen LogP) is 3.86. The van der Waals surface area contributed by atoms with Gasteiger partial charge in [-0.05, 0) is 0 Å². The second-order valence-corrected chi connectivity index (χ2v) is 9.51. The molecular weight excluding hydrogens is 480 g/mol. The van der Waals surface area contributed by atoms with Crippen molar-refractivity contribution in [3.05, 3.63) is 91.0 Å². The van der Waals surface area contributed by atoms with E-state index in [0.717, 1.165) is 0 Å². The summed E-state index contributed by atoms with van der Waals surface area (Å²) in [5.41, 5.74) is 0. The molecule has 0 aliphatic heterocycles. The van der Waals surface area contributed by atoms with Gasteiger partial charge in [-0.25, -0.2) is 0 Å². The van der Waals surface area contributed by atoms with E-state index in [1.807, 2.05) is 18.2 Å².